The molecule has 144 valence electrons. The summed E-state index contributed by atoms with van der Waals surface area (Å²) in [5, 5.41) is 10.0. The third-order valence-electron chi connectivity index (χ3n) is 4.19. The van der Waals surface area contributed by atoms with Gasteiger partial charge in [-0.05, 0) is 49.8 Å². The second kappa shape index (κ2) is 7.92. The fourth-order valence-corrected chi connectivity index (χ4v) is 5.74. The molecule has 8 heteroatoms. The van der Waals surface area contributed by atoms with E-state index in [2.05, 4.69) is 10.2 Å². The van der Waals surface area contributed by atoms with Crippen molar-refractivity contribution in [1.29, 1.82) is 0 Å². The smallest absolute Gasteiger partial charge is 0.257 e. The molecule has 0 aliphatic carbocycles. The summed E-state index contributed by atoms with van der Waals surface area (Å²) in [5.41, 5.74) is 2.54. The maximum absolute atomic E-state index is 13.4. The molecule has 2 aromatic heterocycles. The number of sulfonamides is 1. The molecule has 0 saturated carbocycles. The maximum atomic E-state index is 13.4. The summed E-state index contributed by atoms with van der Waals surface area (Å²) >= 11 is 1.50. The van der Waals surface area contributed by atoms with Crippen molar-refractivity contribution in [3.8, 4) is 10.8 Å². The zero-order valence-electron chi connectivity index (χ0n) is 15.9. The van der Waals surface area contributed by atoms with Crippen LogP contribution in [0.1, 0.15) is 35.9 Å². The third kappa shape index (κ3) is 4.12. The number of nitrogens with zero attached hydrogens (tertiary/aromatic N) is 3. The van der Waals surface area contributed by atoms with Crippen LogP contribution in [-0.2, 0) is 16.6 Å². The van der Waals surface area contributed by atoms with E-state index < -0.39 is 10.0 Å². The van der Waals surface area contributed by atoms with Crippen LogP contribution in [0.15, 0.2) is 39.0 Å². The van der Waals surface area contributed by atoms with E-state index >= 15 is 0 Å². The zero-order chi connectivity index (χ0) is 19.6. The van der Waals surface area contributed by atoms with E-state index in [9.17, 15) is 8.42 Å². The summed E-state index contributed by atoms with van der Waals surface area (Å²) in [6, 6.07) is 7.58. The Kier molecular flexibility index (Phi) is 5.78. The second-order valence-electron chi connectivity index (χ2n) is 6.54. The lowest BCUT2D eigenvalue weighted by Gasteiger charge is -2.22. The van der Waals surface area contributed by atoms with Crippen molar-refractivity contribution in [2.45, 2.75) is 45.6 Å². The minimum Gasteiger partial charge on any atom is -0.418 e. The Hall–Kier alpha value is -2.03. The molecule has 0 amide bonds. The van der Waals surface area contributed by atoms with Gasteiger partial charge in [0.2, 0.25) is 15.9 Å². The number of rotatable bonds is 7. The first-order chi connectivity index (χ1) is 12.8. The van der Waals surface area contributed by atoms with Gasteiger partial charge < -0.3 is 4.42 Å². The van der Waals surface area contributed by atoms with E-state index in [0.717, 1.165) is 21.6 Å². The zero-order valence-corrected chi connectivity index (χ0v) is 17.5. The number of hydrogen-bond acceptors (Lipinski definition) is 6. The average molecular weight is 406 g/mol. The molecule has 0 fully saturated rings. The van der Waals surface area contributed by atoms with Gasteiger partial charge in [0.1, 0.15) is 0 Å². The molecule has 1 aromatic carbocycles. The fraction of sp³-hybridized carbons (Fsp3) is 0.368. The Labute approximate surface area is 163 Å². The van der Waals surface area contributed by atoms with Gasteiger partial charge in [0, 0.05) is 6.54 Å². The highest BCUT2D eigenvalue weighted by molar-refractivity contribution is 7.89. The SMILES string of the molecule is CCCN(Cc1nnc(-c2cccs2)o1)S(=O)(=O)c1c(C)cc(C)cc1C. The minimum absolute atomic E-state index is 0.0569. The summed E-state index contributed by atoms with van der Waals surface area (Å²) in [7, 11) is -3.68. The van der Waals surface area contributed by atoms with Crippen LogP contribution in [0.2, 0.25) is 0 Å². The molecule has 6 nitrogen and oxygen atoms in total. The number of benzene rings is 1. The fourth-order valence-electron chi connectivity index (χ4n) is 3.20. The molecule has 3 aromatic rings. The predicted molar refractivity (Wildman–Crippen MR) is 106 cm³/mol. The van der Waals surface area contributed by atoms with Crippen LogP contribution in [0.3, 0.4) is 0 Å². The summed E-state index contributed by atoms with van der Waals surface area (Å²) in [6.45, 7) is 8.01. The molecular weight excluding hydrogens is 382 g/mol. The molecule has 0 unspecified atom stereocenters. The Balaban J connectivity index is 1.93. The maximum Gasteiger partial charge on any atom is 0.257 e. The number of aryl methyl sites for hydroxylation is 3. The third-order valence-corrected chi connectivity index (χ3v) is 7.20. The van der Waals surface area contributed by atoms with Gasteiger partial charge in [0.15, 0.2) is 0 Å². The van der Waals surface area contributed by atoms with E-state index in [-0.39, 0.29) is 12.4 Å². The first-order valence-corrected chi connectivity index (χ1v) is 11.1. The summed E-state index contributed by atoms with van der Waals surface area (Å²) < 4.78 is 33.8. The Bertz CT molecular complexity index is 1000. The normalized spacial score (nSPS) is 12.0. The Morgan fingerprint density at radius 3 is 2.44 bits per heavy atom. The highest BCUT2D eigenvalue weighted by Gasteiger charge is 2.29. The van der Waals surface area contributed by atoms with Gasteiger partial charge in [0.25, 0.3) is 5.89 Å². The van der Waals surface area contributed by atoms with Crippen LogP contribution in [-0.4, -0.2) is 29.5 Å². The van der Waals surface area contributed by atoms with Gasteiger partial charge in [-0.25, -0.2) is 8.42 Å². The molecule has 0 radical (unpaired) electrons. The lowest BCUT2D eigenvalue weighted by molar-refractivity contribution is 0.357. The molecule has 0 spiro atoms. The minimum atomic E-state index is -3.68. The number of hydrogen-bond donors (Lipinski definition) is 0. The van der Waals surface area contributed by atoms with Gasteiger partial charge in [-0.15, -0.1) is 21.5 Å². The molecule has 2 heterocycles. The molecule has 0 N–H and O–H groups in total. The van der Waals surface area contributed by atoms with Crippen molar-refractivity contribution in [3.05, 3.63) is 52.2 Å². The Morgan fingerprint density at radius 1 is 1.15 bits per heavy atom. The van der Waals surface area contributed by atoms with Crippen LogP contribution in [0, 0.1) is 20.8 Å². The van der Waals surface area contributed by atoms with Crippen molar-refractivity contribution in [2.24, 2.45) is 0 Å². The largest absolute Gasteiger partial charge is 0.418 e. The van der Waals surface area contributed by atoms with Crippen molar-refractivity contribution in [2.75, 3.05) is 6.54 Å². The van der Waals surface area contributed by atoms with E-state index in [1.54, 1.807) is 0 Å². The number of aromatic nitrogens is 2. The molecular formula is C19H23N3O3S2. The monoisotopic (exact) mass is 405 g/mol. The average Bonchev–Trinajstić information content (AvgIpc) is 3.24. The van der Waals surface area contributed by atoms with Gasteiger partial charge in [-0.1, -0.05) is 30.7 Å². The van der Waals surface area contributed by atoms with Crippen molar-refractivity contribution >= 4 is 21.4 Å². The number of thiophene rings is 1. The summed E-state index contributed by atoms with van der Waals surface area (Å²) in [4.78, 5) is 1.23. The van der Waals surface area contributed by atoms with Crippen molar-refractivity contribution < 1.29 is 12.8 Å². The van der Waals surface area contributed by atoms with Crippen molar-refractivity contribution in [1.82, 2.24) is 14.5 Å². The van der Waals surface area contributed by atoms with Crippen LogP contribution < -0.4 is 0 Å². The lowest BCUT2D eigenvalue weighted by atomic mass is 10.1. The second-order valence-corrected chi connectivity index (χ2v) is 9.37. The molecule has 0 saturated heterocycles. The summed E-state index contributed by atoms with van der Waals surface area (Å²) in [5.74, 6) is 0.703. The predicted octanol–water partition coefficient (Wildman–Crippen LogP) is 4.32. The van der Waals surface area contributed by atoms with Crippen LogP contribution in [0.25, 0.3) is 10.8 Å². The molecule has 0 bridgehead atoms. The first kappa shape index (κ1) is 19.7. The first-order valence-electron chi connectivity index (χ1n) is 8.77. The van der Waals surface area contributed by atoms with Crippen LogP contribution in [0.4, 0.5) is 0 Å². The van der Waals surface area contributed by atoms with E-state index in [1.165, 1.54) is 15.6 Å². The highest BCUT2D eigenvalue weighted by atomic mass is 32.2. The van der Waals surface area contributed by atoms with Crippen LogP contribution >= 0.6 is 11.3 Å². The van der Waals surface area contributed by atoms with E-state index in [4.69, 9.17) is 4.42 Å². The van der Waals surface area contributed by atoms with Gasteiger partial charge in [0.05, 0.1) is 16.3 Å². The summed E-state index contributed by atoms with van der Waals surface area (Å²) in [6.07, 6.45) is 0.690. The van der Waals surface area contributed by atoms with Crippen LogP contribution in [0.5, 0.6) is 0 Å². The Morgan fingerprint density at radius 2 is 1.85 bits per heavy atom. The molecule has 27 heavy (non-hydrogen) atoms. The standard InChI is InChI=1S/C19H23N3O3S2/c1-5-8-22(12-17-20-21-19(25-17)16-7-6-9-26-16)27(23,24)18-14(3)10-13(2)11-15(18)4/h6-7,9-11H,5,8,12H2,1-4H3. The van der Waals surface area contributed by atoms with Gasteiger partial charge in [-0.2, -0.15) is 4.31 Å². The van der Waals surface area contributed by atoms with Gasteiger partial charge >= 0.3 is 0 Å². The van der Waals surface area contributed by atoms with E-state index in [1.807, 2.05) is 57.3 Å². The molecule has 3 rings (SSSR count). The molecule has 0 aliphatic rings. The van der Waals surface area contributed by atoms with Crippen molar-refractivity contribution in [3.63, 3.8) is 0 Å². The lowest BCUT2D eigenvalue weighted by Crippen LogP contribution is -2.32. The van der Waals surface area contributed by atoms with E-state index in [0.29, 0.717) is 23.8 Å². The van der Waals surface area contributed by atoms with Gasteiger partial charge in [-0.3, -0.25) is 0 Å². The highest BCUT2D eigenvalue weighted by Crippen LogP contribution is 2.28. The molecule has 0 atom stereocenters. The quantitative estimate of drug-likeness (QED) is 0.585. The topological polar surface area (TPSA) is 76.3 Å². The molecule has 0 aliphatic heterocycles.